The molecule has 1 aliphatic rings. The Bertz CT molecular complexity index is 196. The predicted molar refractivity (Wildman–Crippen MR) is 50.5 cm³/mol. The van der Waals surface area contributed by atoms with E-state index in [1.807, 2.05) is 7.05 Å². The van der Waals surface area contributed by atoms with Crippen molar-refractivity contribution in [2.24, 2.45) is 5.92 Å². The maximum atomic E-state index is 11.6. The van der Waals surface area contributed by atoms with Crippen LogP contribution in [0.1, 0.15) is 13.3 Å². The van der Waals surface area contributed by atoms with E-state index in [0.717, 1.165) is 19.5 Å². The molecule has 0 saturated carbocycles. The minimum absolute atomic E-state index is 0.149. The number of rotatable bonds is 2. The number of carbonyl (C=O) groups is 1. The largest absolute Gasteiger partial charge is 0.468 e. The lowest BCUT2D eigenvalue weighted by Crippen LogP contribution is -2.62. The van der Waals surface area contributed by atoms with Crippen LogP contribution < -0.4 is 10.6 Å². The van der Waals surface area contributed by atoms with Gasteiger partial charge in [0.25, 0.3) is 0 Å². The summed E-state index contributed by atoms with van der Waals surface area (Å²) in [5.74, 6) is 0.114. The molecule has 0 radical (unpaired) electrons. The first-order valence-electron chi connectivity index (χ1n) is 4.65. The zero-order chi connectivity index (χ0) is 9.90. The molecule has 0 aliphatic carbocycles. The van der Waals surface area contributed by atoms with Gasteiger partial charge in [-0.25, -0.2) is 0 Å². The zero-order valence-corrected chi connectivity index (χ0v) is 8.52. The lowest BCUT2D eigenvalue weighted by molar-refractivity contribution is -0.152. The van der Waals surface area contributed by atoms with E-state index in [-0.39, 0.29) is 11.9 Å². The summed E-state index contributed by atoms with van der Waals surface area (Å²) >= 11 is 0. The fourth-order valence-corrected chi connectivity index (χ4v) is 1.98. The van der Waals surface area contributed by atoms with Gasteiger partial charge in [0.05, 0.1) is 7.11 Å². The number of hydrogen-bond donors (Lipinski definition) is 2. The van der Waals surface area contributed by atoms with Gasteiger partial charge in [-0.15, -0.1) is 0 Å². The van der Waals surface area contributed by atoms with Gasteiger partial charge in [-0.05, 0) is 25.9 Å². The van der Waals surface area contributed by atoms with Gasteiger partial charge in [-0.1, -0.05) is 6.92 Å². The Labute approximate surface area is 79.0 Å². The van der Waals surface area contributed by atoms with Gasteiger partial charge < -0.3 is 15.4 Å². The van der Waals surface area contributed by atoms with E-state index in [1.165, 1.54) is 7.11 Å². The van der Waals surface area contributed by atoms with E-state index < -0.39 is 5.54 Å². The van der Waals surface area contributed by atoms with Gasteiger partial charge in [-0.3, -0.25) is 4.79 Å². The maximum Gasteiger partial charge on any atom is 0.326 e. The van der Waals surface area contributed by atoms with Crippen LogP contribution in [0, 0.1) is 5.92 Å². The number of carbonyl (C=O) groups excluding carboxylic acids is 1. The lowest BCUT2D eigenvalue weighted by atomic mass is 9.79. The third-order valence-electron chi connectivity index (χ3n) is 2.98. The van der Waals surface area contributed by atoms with E-state index in [0.29, 0.717) is 0 Å². The molecule has 4 nitrogen and oxygen atoms in total. The molecular weight excluding hydrogens is 168 g/mol. The van der Waals surface area contributed by atoms with E-state index in [2.05, 4.69) is 17.6 Å². The smallest absolute Gasteiger partial charge is 0.326 e. The molecule has 2 N–H and O–H groups in total. The molecule has 13 heavy (non-hydrogen) atoms. The van der Waals surface area contributed by atoms with Gasteiger partial charge in [0.2, 0.25) is 0 Å². The molecule has 1 aliphatic heterocycles. The van der Waals surface area contributed by atoms with Gasteiger partial charge in [0, 0.05) is 6.54 Å². The second kappa shape index (κ2) is 4.07. The van der Waals surface area contributed by atoms with E-state index >= 15 is 0 Å². The molecule has 1 fully saturated rings. The van der Waals surface area contributed by atoms with Crippen LogP contribution in [0.3, 0.4) is 0 Å². The quantitative estimate of drug-likeness (QED) is 0.584. The SMILES string of the molecule is CNC1(C(=O)OC)CCNCC1C. The molecule has 76 valence electrons. The van der Waals surface area contributed by atoms with Crippen molar-refractivity contribution in [3.05, 3.63) is 0 Å². The number of likely N-dealkylation sites (N-methyl/N-ethyl adjacent to an activating group) is 1. The maximum absolute atomic E-state index is 11.6. The third kappa shape index (κ3) is 1.69. The second-order valence-electron chi connectivity index (χ2n) is 3.57. The molecule has 0 amide bonds. The lowest BCUT2D eigenvalue weighted by Gasteiger charge is -2.40. The van der Waals surface area contributed by atoms with Crippen molar-refractivity contribution in [3.8, 4) is 0 Å². The van der Waals surface area contributed by atoms with Crippen LogP contribution in [0.15, 0.2) is 0 Å². The summed E-state index contributed by atoms with van der Waals surface area (Å²) in [6.45, 7) is 3.77. The Morgan fingerprint density at radius 1 is 1.69 bits per heavy atom. The standard InChI is InChI=1S/C9H18N2O2/c1-7-6-11-5-4-9(7,10-2)8(12)13-3/h7,10-11H,4-6H2,1-3H3. The summed E-state index contributed by atoms with van der Waals surface area (Å²) < 4.78 is 4.83. The summed E-state index contributed by atoms with van der Waals surface area (Å²) in [4.78, 5) is 11.6. The van der Waals surface area contributed by atoms with Crippen LogP contribution in [0.25, 0.3) is 0 Å². The van der Waals surface area contributed by atoms with Crippen LogP contribution in [0.4, 0.5) is 0 Å². The molecule has 0 aromatic rings. The molecule has 1 heterocycles. The van der Waals surface area contributed by atoms with Crippen LogP contribution >= 0.6 is 0 Å². The van der Waals surface area contributed by atoms with Crippen LogP contribution in [0.2, 0.25) is 0 Å². The van der Waals surface area contributed by atoms with Crippen molar-refractivity contribution < 1.29 is 9.53 Å². The highest BCUT2D eigenvalue weighted by molar-refractivity contribution is 5.81. The summed E-state index contributed by atoms with van der Waals surface area (Å²) in [5, 5.41) is 6.36. The first-order valence-corrected chi connectivity index (χ1v) is 4.65. The molecule has 0 bridgehead atoms. The summed E-state index contributed by atoms with van der Waals surface area (Å²) in [6.07, 6.45) is 0.789. The van der Waals surface area contributed by atoms with Gasteiger partial charge in [0.15, 0.2) is 0 Å². The summed E-state index contributed by atoms with van der Waals surface area (Å²) in [5.41, 5.74) is -0.486. The van der Waals surface area contributed by atoms with Crippen LogP contribution in [0.5, 0.6) is 0 Å². The molecule has 2 atom stereocenters. The van der Waals surface area contributed by atoms with Gasteiger partial charge in [-0.2, -0.15) is 0 Å². The predicted octanol–water partition coefficient (Wildman–Crippen LogP) is -0.253. The minimum atomic E-state index is -0.486. The number of nitrogens with one attached hydrogen (secondary N) is 2. The van der Waals surface area contributed by atoms with Crippen molar-refractivity contribution in [1.82, 2.24) is 10.6 Å². The monoisotopic (exact) mass is 186 g/mol. The van der Waals surface area contributed by atoms with Gasteiger partial charge >= 0.3 is 5.97 Å². The normalized spacial score (nSPS) is 34.2. The number of methoxy groups -OCH3 is 1. The van der Waals surface area contributed by atoms with E-state index in [9.17, 15) is 4.79 Å². The Balaban J connectivity index is 2.82. The topological polar surface area (TPSA) is 50.4 Å². The highest BCUT2D eigenvalue weighted by Crippen LogP contribution is 2.25. The van der Waals surface area contributed by atoms with Crippen molar-refractivity contribution in [3.63, 3.8) is 0 Å². The molecule has 0 aromatic heterocycles. The Hall–Kier alpha value is -0.610. The number of hydrogen-bond acceptors (Lipinski definition) is 4. The fraction of sp³-hybridized carbons (Fsp3) is 0.889. The number of esters is 1. The number of ether oxygens (including phenoxy) is 1. The highest BCUT2D eigenvalue weighted by Gasteiger charge is 2.44. The molecular formula is C9H18N2O2. The van der Waals surface area contributed by atoms with Crippen LogP contribution in [-0.2, 0) is 9.53 Å². The Morgan fingerprint density at radius 2 is 2.38 bits per heavy atom. The van der Waals surface area contributed by atoms with Gasteiger partial charge in [0.1, 0.15) is 5.54 Å². The molecule has 4 heteroatoms. The minimum Gasteiger partial charge on any atom is -0.468 e. The Kier molecular flexibility index (Phi) is 3.27. The zero-order valence-electron chi connectivity index (χ0n) is 8.52. The van der Waals surface area contributed by atoms with E-state index in [1.54, 1.807) is 0 Å². The fourth-order valence-electron chi connectivity index (χ4n) is 1.98. The molecule has 0 aromatic carbocycles. The van der Waals surface area contributed by atoms with Crippen molar-refractivity contribution >= 4 is 5.97 Å². The molecule has 1 saturated heterocycles. The van der Waals surface area contributed by atoms with Crippen LogP contribution in [-0.4, -0.2) is 38.8 Å². The van der Waals surface area contributed by atoms with Crippen molar-refractivity contribution in [2.45, 2.75) is 18.9 Å². The van der Waals surface area contributed by atoms with E-state index in [4.69, 9.17) is 4.74 Å². The third-order valence-corrected chi connectivity index (χ3v) is 2.98. The van der Waals surface area contributed by atoms with Crippen molar-refractivity contribution in [1.29, 1.82) is 0 Å². The summed E-state index contributed by atoms with van der Waals surface area (Å²) in [6, 6.07) is 0. The average Bonchev–Trinajstić information content (AvgIpc) is 2.18. The van der Waals surface area contributed by atoms with Crippen molar-refractivity contribution in [2.75, 3.05) is 27.2 Å². The molecule has 1 rings (SSSR count). The molecule has 0 spiro atoms. The first kappa shape index (κ1) is 10.5. The Morgan fingerprint density at radius 3 is 2.85 bits per heavy atom. The number of piperidine rings is 1. The first-order chi connectivity index (χ1) is 6.17. The highest BCUT2D eigenvalue weighted by atomic mass is 16.5. The average molecular weight is 186 g/mol. The molecule has 2 unspecified atom stereocenters. The second-order valence-corrected chi connectivity index (χ2v) is 3.57. The summed E-state index contributed by atoms with van der Waals surface area (Å²) in [7, 11) is 3.26.